The molecule has 1 spiro atoms. The van der Waals surface area contributed by atoms with Gasteiger partial charge in [0.25, 0.3) is 0 Å². The summed E-state index contributed by atoms with van der Waals surface area (Å²) >= 11 is 0. The number of hydrogen-bond acceptors (Lipinski definition) is 0. The fourth-order valence-electron chi connectivity index (χ4n) is 3.46. The molecule has 2 rings (SSSR count). The molecule has 2 fully saturated rings. The minimum absolute atomic E-state index is 0.152. The summed E-state index contributed by atoms with van der Waals surface area (Å²) in [6, 6.07) is 0. The Labute approximate surface area is 90.9 Å². The molecule has 0 aromatic rings. The summed E-state index contributed by atoms with van der Waals surface area (Å²) in [7, 11) is 0. The van der Waals surface area contributed by atoms with Crippen molar-refractivity contribution in [2.75, 3.05) is 0 Å². The molecule has 0 bridgehead atoms. The summed E-state index contributed by atoms with van der Waals surface area (Å²) in [5.41, 5.74) is 0.836. The molecule has 2 aliphatic rings. The first-order valence-corrected chi connectivity index (χ1v) is 6.37. The summed E-state index contributed by atoms with van der Waals surface area (Å²) in [5, 5.41) is 0. The lowest BCUT2D eigenvalue weighted by Gasteiger charge is -2.42. The highest BCUT2D eigenvalue weighted by Gasteiger charge is 2.39. The molecule has 0 aliphatic heterocycles. The molecular formula is C14H26. The molecule has 0 N–H and O–H groups in total. The molecule has 0 saturated heterocycles. The third-order valence-electron chi connectivity index (χ3n) is 4.64. The predicted octanol–water partition coefficient (Wildman–Crippen LogP) is 4.78. The summed E-state index contributed by atoms with van der Waals surface area (Å²) in [4.78, 5) is 0. The molecule has 2 aliphatic carbocycles. The molecule has 0 aromatic heterocycles. The van der Waals surface area contributed by atoms with Crippen molar-refractivity contribution in [2.45, 2.75) is 72.1 Å². The Hall–Kier alpha value is 0. The van der Waals surface area contributed by atoms with E-state index in [-0.39, 0.29) is 11.3 Å². The molecule has 0 heteroatoms. The van der Waals surface area contributed by atoms with Gasteiger partial charge in [-0.1, -0.05) is 33.6 Å². The van der Waals surface area contributed by atoms with Gasteiger partial charge in [0.15, 0.2) is 0 Å². The van der Waals surface area contributed by atoms with Crippen LogP contribution in [-0.2, 0) is 0 Å². The molecule has 14 heavy (non-hydrogen) atoms. The smallest absolute Gasteiger partial charge is 0.0308 e. The van der Waals surface area contributed by atoms with Crippen LogP contribution < -0.4 is 0 Å². The summed E-state index contributed by atoms with van der Waals surface area (Å²) in [6.07, 6.45) is 10.7. The monoisotopic (exact) mass is 195 g/mol. The number of hydrogen-bond donors (Lipinski definition) is 0. The van der Waals surface area contributed by atoms with E-state index in [1.165, 1.54) is 38.5 Å². The lowest BCUT2D eigenvalue weighted by molar-refractivity contribution is 0.0918. The maximum Gasteiger partial charge on any atom is 0.0308 e. The largest absolute Gasteiger partial charge is 0.0599 e. The summed E-state index contributed by atoms with van der Waals surface area (Å²) in [6.45, 7) is 6.73. The van der Waals surface area contributed by atoms with Gasteiger partial charge in [0.1, 0.15) is 0 Å². The first-order valence-electron chi connectivity index (χ1n) is 6.87. The average Bonchev–Trinajstić information content (AvgIpc) is 2.58. The van der Waals surface area contributed by atoms with Gasteiger partial charge in [0.2, 0.25) is 0 Å². The molecule has 0 radical (unpaired) electrons. The molecular weight excluding hydrogens is 168 g/mol. The topological polar surface area (TPSA) is 0 Å². The van der Waals surface area contributed by atoms with Crippen LogP contribution >= 0.6 is 0 Å². The fraction of sp³-hybridized carbons (Fsp3) is 1.00. The van der Waals surface area contributed by atoms with Crippen molar-refractivity contribution in [3.63, 3.8) is 0 Å². The van der Waals surface area contributed by atoms with Crippen molar-refractivity contribution < 1.29 is 1.37 Å². The standard InChI is InChI=1S/C14H26/c1-13(2,3)12-6-10-14(11-7-12)8-4-5-9-14/h12H,4-11H2,1-3H3/i12D. The van der Waals surface area contributed by atoms with E-state index in [0.717, 1.165) is 12.8 Å². The molecule has 0 amide bonds. The Morgan fingerprint density at radius 1 is 1.00 bits per heavy atom. The lowest BCUT2D eigenvalue weighted by Crippen LogP contribution is -2.30. The van der Waals surface area contributed by atoms with Crippen molar-refractivity contribution in [2.24, 2.45) is 16.7 Å². The molecule has 0 heterocycles. The summed E-state index contributed by atoms with van der Waals surface area (Å²) < 4.78 is 8.62. The van der Waals surface area contributed by atoms with E-state index in [2.05, 4.69) is 20.8 Å². The average molecular weight is 195 g/mol. The Morgan fingerprint density at radius 2 is 1.50 bits per heavy atom. The van der Waals surface area contributed by atoms with Crippen LogP contribution in [0, 0.1) is 16.7 Å². The predicted molar refractivity (Wildman–Crippen MR) is 62.3 cm³/mol. The highest BCUT2D eigenvalue weighted by Crippen LogP contribution is 2.52. The van der Waals surface area contributed by atoms with Gasteiger partial charge in [-0.2, -0.15) is 0 Å². The lowest BCUT2D eigenvalue weighted by atomic mass is 9.63. The Balaban J connectivity index is 2.02. The van der Waals surface area contributed by atoms with Gasteiger partial charge in [-0.3, -0.25) is 0 Å². The first-order chi connectivity index (χ1) is 6.87. The second-order valence-corrected chi connectivity index (χ2v) is 6.56. The van der Waals surface area contributed by atoms with Crippen molar-refractivity contribution >= 4 is 0 Å². The van der Waals surface area contributed by atoms with Gasteiger partial charge in [-0.05, 0) is 55.2 Å². The second-order valence-electron chi connectivity index (χ2n) is 6.56. The molecule has 0 unspecified atom stereocenters. The third kappa shape index (κ3) is 1.99. The van der Waals surface area contributed by atoms with Crippen LogP contribution in [0.25, 0.3) is 0 Å². The third-order valence-corrected chi connectivity index (χ3v) is 4.64. The van der Waals surface area contributed by atoms with Gasteiger partial charge in [-0.15, -0.1) is 0 Å². The van der Waals surface area contributed by atoms with Gasteiger partial charge < -0.3 is 0 Å². The van der Waals surface area contributed by atoms with E-state index in [9.17, 15) is 0 Å². The van der Waals surface area contributed by atoms with Crippen LogP contribution in [0.5, 0.6) is 0 Å². The van der Waals surface area contributed by atoms with Crippen molar-refractivity contribution in [3.8, 4) is 0 Å². The second kappa shape index (κ2) is 3.54. The van der Waals surface area contributed by atoms with Crippen LogP contribution in [0.1, 0.15) is 73.5 Å². The normalized spacial score (nSPS) is 31.8. The molecule has 0 nitrogen and oxygen atoms in total. The zero-order chi connectivity index (χ0) is 11.2. The fourth-order valence-corrected chi connectivity index (χ4v) is 3.46. The van der Waals surface area contributed by atoms with Crippen molar-refractivity contribution in [3.05, 3.63) is 0 Å². The minimum atomic E-state index is -0.152. The van der Waals surface area contributed by atoms with Crippen molar-refractivity contribution in [1.82, 2.24) is 0 Å². The van der Waals surface area contributed by atoms with Gasteiger partial charge in [-0.25, -0.2) is 0 Å². The maximum atomic E-state index is 8.62. The van der Waals surface area contributed by atoms with Crippen LogP contribution in [0.15, 0.2) is 0 Å². The molecule has 82 valence electrons. The highest BCUT2D eigenvalue weighted by atomic mass is 14.4. The highest BCUT2D eigenvalue weighted by molar-refractivity contribution is 4.91. The zero-order valence-electron chi connectivity index (χ0n) is 11.2. The van der Waals surface area contributed by atoms with Crippen LogP contribution in [0.3, 0.4) is 0 Å². The van der Waals surface area contributed by atoms with E-state index in [4.69, 9.17) is 1.37 Å². The quantitative estimate of drug-likeness (QED) is 0.521. The number of rotatable bonds is 0. The van der Waals surface area contributed by atoms with E-state index < -0.39 is 0 Å². The molecule has 0 atom stereocenters. The van der Waals surface area contributed by atoms with Crippen LogP contribution in [0.4, 0.5) is 0 Å². The van der Waals surface area contributed by atoms with Gasteiger partial charge in [0.05, 0.1) is 0 Å². The summed E-state index contributed by atoms with van der Waals surface area (Å²) in [5.74, 6) is -0.152. The van der Waals surface area contributed by atoms with Crippen LogP contribution in [0.2, 0.25) is 0 Å². The van der Waals surface area contributed by atoms with Gasteiger partial charge in [0, 0.05) is 1.37 Å². The van der Waals surface area contributed by atoms with E-state index in [0.29, 0.717) is 5.41 Å². The zero-order valence-corrected chi connectivity index (χ0v) is 10.2. The Kier molecular flexibility index (Phi) is 2.34. The van der Waals surface area contributed by atoms with Gasteiger partial charge >= 0.3 is 0 Å². The Bertz CT molecular complexity index is 220. The Morgan fingerprint density at radius 3 is 1.93 bits per heavy atom. The maximum absolute atomic E-state index is 8.62. The molecule has 0 aromatic carbocycles. The van der Waals surface area contributed by atoms with E-state index >= 15 is 0 Å². The first kappa shape index (κ1) is 9.24. The molecule has 2 saturated carbocycles. The van der Waals surface area contributed by atoms with Crippen molar-refractivity contribution in [1.29, 1.82) is 0 Å². The van der Waals surface area contributed by atoms with Crippen LogP contribution in [-0.4, -0.2) is 0 Å². The minimum Gasteiger partial charge on any atom is -0.0599 e. The van der Waals surface area contributed by atoms with E-state index in [1.54, 1.807) is 0 Å². The van der Waals surface area contributed by atoms with E-state index in [1.807, 2.05) is 0 Å². The SMILES string of the molecule is [2H]C1(C(C)(C)C)CCC2(CCCC2)CC1.